The molecule has 0 aliphatic carbocycles. The van der Waals surface area contributed by atoms with Gasteiger partial charge < -0.3 is 5.84 Å². The fourth-order valence-electron chi connectivity index (χ4n) is 2.32. The Kier molecular flexibility index (Phi) is 2.65. The summed E-state index contributed by atoms with van der Waals surface area (Å²) in [7, 11) is 0. The van der Waals surface area contributed by atoms with Gasteiger partial charge in [-0.15, -0.1) is 0 Å². The van der Waals surface area contributed by atoms with Crippen molar-refractivity contribution in [2.24, 2.45) is 10.9 Å². The van der Waals surface area contributed by atoms with Gasteiger partial charge in [-0.1, -0.05) is 60.1 Å². The zero-order chi connectivity index (χ0) is 12.5. The van der Waals surface area contributed by atoms with Gasteiger partial charge in [0.15, 0.2) is 0 Å². The molecule has 0 aliphatic heterocycles. The van der Waals surface area contributed by atoms with Crippen LogP contribution in [0.25, 0.3) is 21.5 Å². The van der Waals surface area contributed by atoms with E-state index in [0.717, 1.165) is 32.1 Å². The minimum Gasteiger partial charge on any atom is -0.323 e. The van der Waals surface area contributed by atoms with E-state index in [1.165, 1.54) is 0 Å². The molecular formula is C15H11ClN2. The van der Waals surface area contributed by atoms with Crippen LogP contribution in [0.3, 0.4) is 0 Å². The Bertz CT molecular complexity index is 706. The zero-order valence-electron chi connectivity index (χ0n) is 9.60. The molecule has 0 atom stereocenters. The molecule has 0 spiro atoms. The minimum absolute atomic E-state index is 0.773. The second-order valence-corrected chi connectivity index (χ2v) is 4.47. The number of hydrazone groups is 1. The van der Waals surface area contributed by atoms with E-state index in [1.54, 1.807) is 6.21 Å². The molecule has 0 radical (unpaired) electrons. The van der Waals surface area contributed by atoms with Gasteiger partial charge in [-0.2, -0.15) is 5.10 Å². The van der Waals surface area contributed by atoms with Gasteiger partial charge in [0.1, 0.15) is 0 Å². The lowest BCUT2D eigenvalue weighted by molar-refractivity contribution is 1.27. The van der Waals surface area contributed by atoms with Crippen LogP contribution in [0.1, 0.15) is 5.56 Å². The molecule has 18 heavy (non-hydrogen) atoms. The van der Waals surface area contributed by atoms with Crippen LogP contribution in [0, 0.1) is 0 Å². The summed E-state index contributed by atoms with van der Waals surface area (Å²) in [4.78, 5) is 0. The summed E-state index contributed by atoms with van der Waals surface area (Å²) in [5, 5.41) is 8.61. The number of nitrogens with two attached hydrogens (primary N) is 1. The number of halogens is 1. The molecule has 0 aromatic heterocycles. The molecule has 3 aromatic carbocycles. The highest BCUT2D eigenvalue weighted by Gasteiger charge is 2.10. The molecule has 0 fully saturated rings. The number of hydrogen-bond acceptors (Lipinski definition) is 2. The van der Waals surface area contributed by atoms with Gasteiger partial charge in [-0.3, -0.25) is 0 Å². The molecule has 2 N–H and O–H groups in total. The first kappa shape index (κ1) is 11.1. The Morgan fingerprint density at radius 3 is 1.72 bits per heavy atom. The zero-order valence-corrected chi connectivity index (χ0v) is 10.4. The molecule has 3 heteroatoms. The largest absolute Gasteiger partial charge is 0.323 e. The topological polar surface area (TPSA) is 38.4 Å². The molecule has 2 nitrogen and oxygen atoms in total. The lowest BCUT2D eigenvalue weighted by atomic mass is 9.97. The van der Waals surface area contributed by atoms with E-state index in [0.29, 0.717) is 0 Å². The lowest BCUT2D eigenvalue weighted by Gasteiger charge is -2.10. The van der Waals surface area contributed by atoms with Crippen molar-refractivity contribution in [1.29, 1.82) is 0 Å². The molecule has 88 valence electrons. The van der Waals surface area contributed by atoms with Crippen molar-refractivity contribution in [2.75, 3.05) is 0 Å². The predicted octanol–water partition coefficient (Wildman–Crippen LogP) is 3.94. The monoisotopic (exact) mass is 254 g/mol. The van der Waals surface area contributed by atoms with Crippen molar-refractivity contribution in [1.82, 2.24) is 0 Å². The van der Waals surface area contributed by atoms with Crippen LogP contribution < -0.4 is 5.84 Å². The molecule has 3 aromatic rings. The third-order valence-corrected chi connectivity index (χ3v) is 3.52. The maximum Gasteiger partial charge on any atom is 0.0563 e. The molecule has 0 unspecified atom stereocenters. The van der Waals surface area contributed by atoms with Gasteiger partial charge in [0.05, 0.1) is 11.2 Å². The first-order chi connectivity index (χ1) is 8.83. The average molecular weight is 255 g/mol. The molecule has 3 rings (SSSR count). The smallest absolute Gasteiger partial charge is 0.0563 e. The van der Waals surface area contributed by atoms with Gasteiger partial charge >= 0.3 is 0 Å². The second-order valence-electron chi connectivity index (χ2n) is 4.10. The Morgan fingerprint density at radius 1 is 0.833 bits per heavy atom. The maximum atomic E-state index is 6.47. The number of nitrogens with zero attached hydrogens (tertiary/aromatic N) is 1. The molecule has 0 heterocycles. The van der Waals surface area contributed by atoms with E-state index in [2.05, 4.69) is 5.10 Å². The van der Waals surface area contributed by atoms with Crippen molar-refractivity contribution >= 4 is 39.4 Å². The van der Waals surface area contributed by atoms with E-state index in [4.69, 9.17) is 17.4 Å². The Morgan fingerprint density at radius 2 is 1.28 bits per heavy atom. The van der Waals surface area contributed by atoms with Crippen molar-refractivity contribution < 1.29 is 0 Å². The number of fused-ring (bicyclic) bond motifs is 2. The average Bonchev–Trinajstić information content (AvgIpc) is 2.43. The number of hydrogen-bond donors (Lipinski definition) is 1. The summed E-state index contributed by atoms with van der Waals surface area (Å²) in [6.07, 6.45) is 1.68. The first-order valence-corrected chi connectivity index (χ1v) is 6.03. The maximum absolute atomic E-state index is 6.47. The van der Waals surface area contributed by atoms with Gasteiger partial charge in [0.25, 0.3) is 0 Å². The van der Waals surface area contributed by atoms with Gasteiger partial charge in [0.2, 0.25) is 0 Å². The molecular weight excluding hydrogens is 244 g/mol. The number of benzene rings is 3. The fraction of sp³-hybridized carbons (Fsp3) is 0. The highest BCUT2D eigenvalue weighted by Crippen LogP contribution is 2.35. The lowest BCUT2D eigenvalue weighted by Crippen LogP contribution is -1.92. The number of rotatable bonds is 1. The highest BCUT2D eigenvalue weighted by molar-refractivity contribution is 6.42. The summed E-state index contributed by atoms with van der Waals surface area (Å²) >= 11 is 6.47. The predicted molar refractivity (Wildman–Crippen MR) is 78.2 cm³/mol. The standard InChI is InChI=1S/C15H11ClN2/c16-15-12-7-3-1-5-10(12)14(9-18-17)11-6-2-4-8-13(11)15/h1-9H,17H2. The minimum atomic E-state index is 0.773. The Labute approximate surface area is 110 Å². The molecule has 0 saturated heterocycles. The second kappa shape index (κ2) is 4.31. The van der Waals surface area contributed by atoms with Crippen LogP contribution in [0.4, 0.5) is 0 Å². The van der Waals surface area contributed by atoms with Crippen molar-refractivity contribution in [3.05, 3.63) is 59.1 Å². The van der Waals surface area contributed by atoms with Crippen LogP contribution in [0.2, 0.25) is 5.02 Å². The Balaban J connectivity index is 2.62. The van der Waals surface area contributed by atoms with E-state index >= 15 is 0 Å². The van der Waals surface area contributed by atoms with Gasteiger partial charge in [-0.25, -0.2) is 0 Å². The summed E-state index contributed by atoms with van der Waals surface area (Å²) in [5.41, 5.74) is 1.01. The van der Waals surface area contributed by atoms with Crippen LogP contribution in [-0.2, 0) is 0 Å². The van der Waals surface area contributed by atoms with Crippen LogP contribution in [0.5, 0.6) is 0 Å². The third kappa shape index (κ3) is 1.54. The van der Waals surface area contributed by atoms with Crippen LogP contribution >= 0.6 is 11.6 Å². The van der Waals surface area contributed by atoms with E-state index in [9.17, 15) is 0 Å². The first-order valence-electron chi connectivity index (χ1n) is 5.65. The summed E-state index contributed by atoms with van der Waals surface area (Å²) in [6, 6.07) is 16.0. The summed E-state index contributed by atoms with van der Waals surface area (Å²) in [5.74, 6) is 5.32. The fourth-order valence-corrected chi connectivity index (χ4v) is 2.65. The van der Waals surface area contributed by atoms with E-state index in [1.807, 2.05) is 48.5 Å². The highest BCUT2D eigenvalue weighted by atomic mass is 35.5. The van der Waals surface area contributed by atoms with Crippen molar-refractivity contribution in [3.8, 4) is 0 Å². The van der Waals surface area contributed by atoms with Gasteiger partial charge in [0, 0.05) is 16.3 Å². The normalized spacial score (nSPS) is 11.6. The SMILES string of the molecule is NN=Cc1c2ccccc2c(Cl)c2ccccc12. The molecule has 0 aliphatic rings. The quantitative estimate of drug-likeness (QED) is 0.304. The Hall–Kier alpha value is -2.06. The van der Waals surface area contributed by atoms with E-state index in [-0.39, 0.29) is 0 Å². The molecule has 0 bridgehead atoms. The van der Waals surface area contributed by atoms with Crippen LogP contribution in [0.15, 0.2) is 53.6 Å². The van der Waals surface area contributed by atoms with Crippen LogP contribution in [-0.4, -0.2) is 6.21 Å². The molecule has 0 saturated carbocycles. The van der Waals surface area contributed by atoms with Gasteiger partial charge in [-0.05, 0) is 10.8 Å². The molecule has 0 amide bonds. The van der Waals surface area contributed by atoms with Crippen molar-refractivity contribution in [3.63, 3.8) is 0 Å². The summed E-state index contributed by atoms with van der Waals surface area (Å²) < 4.78 is 0. The van der Waals surface area contributed by atoms with E-state index < -0.39 is 0 Å². The third-order valence-electron chi connectivity index (χ3n) is 3.11. The van der Waals surface area contributed by atoms with Crippen molar-refractivity contribution in [2.45, 2.75) is 0 Å². The summed E-state index contributed by atoms with van der Waals surface area (Å²) in [6.45, 7) is 0.